The van der Waals surface area contributed by atoms with E-state index in [2.05, 4.69) is 58.3 Å². The maximum absolute atomic E-state index is 4.62. The van der Waals surface area contributed by atoms with Crippen LogP contribution in [0.2, 0.25) is 0 Å². The van der Waals surface area contributed by atoms with Gasteiger partial charge in [0.25, 0.3) is 0 Å². The van der Waals surface area contributed by atoms with Gasteiger partial charge in [0, 0.05) is 24.8 Å². The highest BCUT2D eigenvalue weighted by molar-refractivity contribution is 5.66. The Morgan fingerprint density at radius 1 is 0.955 bits per heavy atom. The lowest BCUT2D eigenvalue weighted by molar-refractivity contribution is 0.572. The molecule has 1 aliphatic heterocycles. The Morgan fingerprint density at radius 3 is 2.32 bits per heavy atom. The summed E-state index contributed by atoms with van der Waals surface area (Å²) in [7, 11) is 0. The Bertz CT molecular complexity index is 640. The quantitative estimate of drug-likeness (QED) is 0.924. The fourth-order valence-corrected chi connectivity index (χ4v) is 3.04. The van der Waals surface area contributed by atoms with E-state index in [0.717, 1.165) is 36.2 Å². The smallest absolute Gasteiger partial charge is 0.136 e. The maximum Gasteiger partial charge on any atom is 0.136 e. The first-order valence-corrected chi connectivity index (χ1v) is 8.07. The minimum Gasteiger partial charge on any atom is -0.356 e. The van der Waals surface area contributed by atoms with E-state index in [0.29, 0.717) is 0 Å². The molecule has 0 spiro atoms. The van der Waals surface area contributed by atoms with Crippen molar-refractivity contribution in [3.8, 4) is 0 Å². The van der Waals surface area contributed by atoms with Crippen LogP contribution in [0.25, 0.3) is 0 Å². The first-order chi connectivity index (χ1) is 10.6. The second-order valence-corrected chi connectivity index (χ2v) is 6.10. The molecule has 3 rings (SSSR count). The van der Waals surface area contributed by atoms with Gasteiger partial charge in [-0.2, -0.15) is 0 Å². The van der Waals surface area contributed by atoms with Crippen molar-refractivity contribution in [1.29, 1.82) is 0 Å². The van der Waals surface area contributed by atoms with Gasteiger partial charge in [-0.25, -0.2) is 9.97 Å². The Kier molecular flexibility index (Phi) is 4.27. The summed E-state index contributed by atoms with van der Waals surface area (Å²) in [6.45, 7) is 8.39. The summed E-state index contributed by atoms with van der Waals surface area (Å²) in [5.41, 5.74) is 3.61. The molecule has 1 N–H and O–H groups in total. The van der Waals surface area contributed by atoms with Crippen molar-refractivity contribution in [1.82, 2.24) is 9.97 Å². The first kappa shape index (κ1) is 14.8. The number of piperidine rings is 1. The van der Waals surface area contributed by atoms with Gasteiger partial charge in [-0.3, -0.25) is 0 Å². The molecule has 0 aliphatic carbocycles. The molecule has 1 aliphatic rings. The molecule has 2 aromatic rings. The highest BCUT2D eigenvalue weighted by Crippen LogP contribution is 2.26. The molecule has 2 heterocycles. The lowest BCUT2D eigenvalue weighted by Crippen LogP contribution is -2.30. The lowest BCUT2D eigenvalue weighted by atomic mass is 10.1. The fraction of sp³-hybridized carbons (Fsp3) is 0.444. The van der Waals surface area contributed by atoms with E-state index in [1.807, 2.05) is 6.92 Å². The monoisotopic (exact) mass is 296 g/mol. The molecule has 0 atom stereocenters. The molecule has 1 fully saturated rings. The zero-order valence-electron chi connectivity index (χ0n) is 13.7. The van der Waals surface area contributed by atoms with Crippen molar-refractivity contribution in [2.75, 3.05) is 23.3 Å². The van der Waals surface area contributed by atoms with Crippen LogP contribution in [-0.4, -0.2) is 23.1 Å². The first-order valence-electron chi connectivity index (χ1n) is 8.07. The van der Waals surface area contributed by atoms with Gasteiger partial charge in [0.2, 0.25) is 0 Å². The van der Waals surface area contributed by atoms with Gasteiger partial charge in [0.05, 0.1) is 0 Å². The minimum absolute atomic E-state index is 0.816. The van der Waals surface area contributed by atoms with Crippen LogP contribution in [0, 0.1) is 20.8 Å². The summed E-state index contributed by atoms with van der Waals surface area (Å²) >= 11 is 0. The highest BCUT2D eigenvalue weighted by Gasteiger charge is 2.14. The van der Waals surface area contributed by atoms with Gasteiger partial charge in [0.1, 0.15) is 17.5 Å². The molecule has 4 heteroatoms. The lowest BCUT2D eigenvalue weighted by Gasteiger charge is -2.28. The predicted molar refractivity (Wildman–Crippen MR) is 92.0 cm³/mol. The normalized spacial score (nSPS) is 15.0. The molecule has 1 aromatic carbocycles. The summed E-state index contributed by atoms with van der Waals surface area (Å²) < 4.78 is 0. The largest absolute Gasteiger partial charge is 0.356 e. The van der Waals surface area contributed by atoms with Crippen molar-refractivity contribution >= 4 is 17.3 Å². The van der Waals surface area contributed by atoms with E-state index in [4.69, 9.17) is 0 Å². The minimum atomic E-state index is 0.816. The molecule has 116 valence electrons. The predicted octanol–water partition coefficient (Wildman–Crippen LogP) is 4.14. The number of nitrogens with one attached hydrogen (secondary N) is 1. The molecule has 0 unspecified atom stereocenters. The average molecular weight is 296 g/mol. The maximum atomic E-state index is 4.62. The zero-order valence-corrected chi connectivity index (χ0v) is 13.7. The van der Waals surface area contributed by atoms with Crippen LogP contribution in [0.1, 0.15) is 36.2 Å². The van der Waals surface area contributed by atoms with Crippen molar-refractivity contribution in [3.05, 3.63) is 41.2 Å². The van der Waals surface area contributed by atoms with E-state index in [9.17, 15) is 0 Å². The van der Waals surface area contributed by atoms with E-state index >= 15 is 0 Å². The third-order valence-electron chi connectivity index (χ3n) is 4.24. The highest BCUT2D eigenvalue weighted by atomic mass is 15.2. The summed E-state index contributed by atoms with van der Waals surface area (Å²) in [5, 5.41) is 3.48. The number of aryl methyl sites for hydroxylation is 3. The van der Waals surface area contributed by atoms with Crippen LogP contribution >= 0.6 is 0 Å². The summed E-state index contributed by atoms with van der Waals surface area (Å²) in [5.74, 6) is 2.74. The number of para-hydroxylation sites is 1. The summed E-state index contributed by atoms with van der Waals surface area (Å²) in [4.78, 5) is 11.5. The number of nitrogens with zero attached hydrogens (tertiary/aromatic N) is 3. The molecular weight excluding hydrogens is 272 g/mol. The second kappa shape index (κ2) is 6.34. The topological polar surface area (TPSA) is 41.1 Å². The summed E-state index contributed by atoms with van der Waals surface area (Å²) in [6, 6.07) is 8.40. The second-order valence-electron chi connectivity index (χ2n) is 6.10. The number of hydrogen-bond acceptors (Lipinski definition) is 4. The molecule has 4 nitrogen and oxygen atoms in total. The van der Waals surface area contributed by atoms with Gasteiger partial charge in [-0.15, -0.1) is 0 Å². The van der Waals surface area contributed by atoms with Gasteiger partial charge in [-0.1, -0.05) is 18.2 Å². The number of aromatic nitrogens is 2. The molecule has 0 bridgehead atoms. The SMILES string of the molecule is Cc1nc(Nc2c(C)cccc2C)cc(N2CCCCC2)n1. The van der Waals surface area contributed by atoms with Crippen molar-refractivity contribution < 1.29 is 0 Å². The molecule has 0 amide bonds. The average Bonchev–Trinajstić information content (AvgIpc) is 2.51. The Morgan fingerprint density at radius 2 is 1.64 bits per heavy atom. The van der Waals surface area contributed by atoms with E-state index in [1.54, 1.807) is 0 Å². The van der Waals surface area contributed by atoms with Crippen LogP contribution in [0.3, 0.4) is 0 Å². The standard InChI is InChI=1S/C18H24N4/c1-13-8-7-9-14(2)18(13)21-16-12-17(20-15(3)19-16)22-10-5-4-6-11-22/h7-9,12H,4-6,10-11H2,1-3H3,(H,19,20,21). The van der Waals surface area contributed by atoms with Crippen LogP contribution in [0.15, 0.2) is 24.3 Å². The van der Waals surface area contributed by atoms with Gasteiger partial charge in [0.15, 0.2) is 0 Å². The summed E-state index contributed by atoms with van der Waals surface area (Å²) in [6.07, 6.45) is 3.83. The number of hydrogen-bond donors (Lipinski definition) is 1. The van der Waals surface area contributed by atoms with E-state index in [-0.39, 0.29) is 0 Å². The van der Waals surface area contributed by atoms with Gasteiger partial charge in [-0.05, 0) is 51.2 Å². The van der Waals surface area contributed by atoms with Crippen molar-refractivity contribution in [3.63, 3.8) is 0 Å². The molecule has 0 radical (unpaired) electrons. The molecule has 22 heavy (non-hydrogen) atoms. The van der Waals surface area contributed by atoms with E-state index in [1.165, 1.54) is 30.4 Å². The van der Waals surface area contributed by atoms with Crippen molar-refractivity contribution in [2.45, 2.75) is 40.0 Å². The Balaban J connectivity index is 1.89. The Labute approximate surface area is 132 Å². The van der Waals surface area contributed by atoms with Gasteiger partial charge < -0.3 is 10.2 Å². The molecule has 1 saturated heterocycles. The molecule has 1 aromatic heterocycles. The van der Waals surface area contributed by atoms with Gasteiger partial charge >= 0.3 is 0 Å². The number of rotatable bonds is 3. The van der Waals surface area contributed by atoms with Crippen LogP contribution in [0.4, 0.5) is 17.3 Å². The fourth-order valence-electron chi connectivity index (χ4n) is 3.04. The van der Waals surface area contributed by atoms with Crippen LogP contribution in [-0.2, 0) is 0 Å². The van der Waals surface area contributed by atoms with E-state index < -0.39 is 0 Å². The van der Waals surface area contributed by atoms with Crippen LogP contribution < -0.4 is 10.2 Å². The molecular formula is C18H24N4. The number of benzene rings is 1. The number of anilines is 3. The third kappa shape index (κ3) is 3.21. The Hall–Kier alpha value is -2.10. The van der Waals surface area contributed by atoms with Crippen molar-refractivity contribution in [2.24, 2.45) is 0 Å². The third-order valence-corrected chi connectivity index (χ3v) is 4.24. The molecule has 0 saturated carbocycles. The zero-order chi connectivity index (χ0) is 15.5. The van der Waals surface area contributed by atoms with Crippen LogP contribution in [0.5, 0.6) is 0 Å².